The molecule has 1 heterocycles. The Morgan fingerprint density at radius 3 is 2.62 bits per heavy atom. The zero-order valence-corrected chi connectivity index (χ0v) is 15.4. The van der Waals surface area contributed by atoms with Crippen LogP contribution in [0.15, 0.2) is 60.0 Å². The fourth-order valence-electron chi connectivity index (χ4n) is 2.12. The van der Waals surface area contributed by atoms with E-state index in [1.807, 2.05) is 30.3 Å². The van der Waals surface area contributed by atoms with E-state index in [0.717, 1.165) is 5.56 Å². The highest BCUT2D eigenvalue weighted by Gasteiger charge is 2.12. The van der Waals surface area contributed by atoms with Gasteiger partial charge in [-0.15, -0.1) is 11.3 Å². The Morgan fingerprint density at radius 1 is 1.08 bits per heavy atom. The van der Waals surface area contributed by atoms with E-state index in [0.29, 0.717) is 22.4 Å². The SMILES string of the molecule is O=C(OCCOc1ccc(Cl)cc1)c1csc(NCc2ccccc2)n1. The predicted octanol–water partition coefficient (Wildman–Crippen LogP) is 4.64. The van der Waals surface area contributed by atoms with Gasteiger partial charge in [-0.25, -0.2) is 9.78 Å². The smallest absolute Gasteiger partial charge is 0.358 e. The van der Waals surface area contributed by atoms with Crippen LogP contribution in [0.25, 0.3) is 0 Å². The molecule has 3 rings (SSSR count). The molecule has 5 nitrogen and oxygen atoms in total. The molecule has 0 radical (unpaired) electrons. The summed E-state index contributed by atoms with van der Waals surface area (Å²) < 4.78 is 10.7. The van der Waals surface area contributed by atoms with Crippen molar-refractivity contribution < 1.29 is 14.3 Å². The number of hydrogen-bond donors (Lipinski definition) is 1. The summed E-state index contributed by atoms with van der Waals surface area (Å²) in [5.41, 5.74) is 1.43. The van der Waals surface area contributed by atoms with Gasteiger partial charge in [0.2, 0.25) is 0 Å². The van der Waals surface area contributed by atoms with Gasteiger partial charge in [-0.2, -0.15) is 0 Å². The van der Waals surface area contributed by atoms with Gasteiger partial charge in [-0.05, 0) is 29.8 Å². The van der Waals surface area contributed by atoms with Gasteiger partial charge in [0.15, 0.2) is 10.8 Å². The Bertz CT molecular complexity index is 838. The first-order valence-corrected chi connectivity index (χ1v) is 9.25. The van der Waals surface area contributed by atoms with Gasteiger partial charge in [-0.1, -0.05) is 41.9 Å². The fraction of sp³-hybridized carbons (Fsp3) is 0.158. The lowest BCUT2D eigenvalue weighted by Gasteiger charge is -2.06. The summed E-state index contributed by atoms with van der Waals surface area (Å²) in [6.45, 7) is 1.06. The topological polar surface area (TPSA) is 60.5 Å². The summed E-state index contributed by atoms with van der Waals surface area (Å²) in [6, 6.07) is 17.0. The van der Waals surface area contributed by atoms with Crippen molar-refractivity contribution in [2.75, 3.05) is 18.5 Å². The van der Waals surface area contributed by atoms with E-state index in [1.54, 1.807) is 29.6 Å². The number of carbonyl (C=O) groups is 1. The number of halogens is 1. The summed E-state index contributed by atoms with van der Waals surface area (Å²) in [5.74, 6) is 0.209. The average Bonchev–Trinajstić information content (AvgIpc) is 3.15. The number of nitrogens with one attached hydrogen (secondary N) is 1. The van der Waals surface area contributed by atoms with Gasteiger partial charge < -0.3 is 14.8 Å². The normalized spacial score (nSPS) is 10.3. The standard InChI is InChI=1S/C19H17ClN2O3S/c20-15-6-8-16(9-7-15)24-10-11-25-18(23)17-13-26-19(22-17)21-12-14-4-2-1-3-5-14/h1-9,13H,10-12H2,(H,21,22). The van der Waals surface area contributed by atoms with E-state index < -0.39 is 5.97 Å². The molecule has 0 atom stereocenters. The van der Waals surface area contributed by atoms with Crippen LogP contribution < -0.4 is 10.1 Å². The lowest BCUT2D eigenvalue weighted by molar-refractivity contribution is 0.0444. The quantitative estimate of drug-likeness (QED) is 0.449. The minimum absolute atomic E-state index is 0.145. The molecule has 0 aliphatic rings. The zero-order valence-electron chi connectivity index (χ0n) is 13.9. The lowest BCUT2D eigenvalue weighted by atomic mass is 10.2. The van der Waals surface area contributed by atoms with Crippen LogP contribution in [0, 0.1) is 0 Å². The number of carbonyl (C=O) groups excluding carboxylic acids is 1. The van der Waals surface area contributed by atoms with E-state index in [4.69, 9.17) is 21.1 Å². The van der Waals surface area contributed by atoms with Crippen LogP contribution in [0.5, 0.6) is 5.75 Å². The number of nitrogens with zero attached hydrogens (tertiary/aromatic N) is 1. The Labute approximate surface area is 160 Å². The van der Waals surface area contributed by atoms with Crippen molar-refractivity contribution in [2.45, 2.75) is 6.54 Å². The third-order valence-corrected chi connectivity index (χ3v) is 4.45. The van der Waals surface area contributed by atoms with Gasteiger partial charge in [-0.3, -0.25) is 0 Å². The van der Waals surface area contributed by atoms with Crippen molar-refractivity contribution in [3.63, 3.8) is 0 Å². The van der Waals surface area contributed by atoms with Gasteiger partial charge in [0.25, 0.3) is 0 Å². The molecule has 0 aliphatic heterocycles. The lowest BCUT2D eigenvalue weighted by Crippen LogP contribution is -2.12. The number of aromatic nitrogens is 1. The minimum Gasteiger partial charge on any atom is -0.490 e. The summed E-state index contributed by atoms with van der Waals surface area (Å²) in [4.78, 5) is 16.3. The molecule has 134 valence electrons. The molecular formula is C19H17ClN2O3S. The molecule has 0 unspecified atom stereocenters. The van der Waals surface area contributed by atoms with Crippen molar-refractivity contribution in [2.24, 2.45) is 0 Å². The Balaban J connectivity index is 1.40. The summed E-state index contributed by atoms with van der Waals surface area (Å²) in [5, 5.41) is 6.19. The summed E-state index contributed by atoms with van der Waals surface area (Å²) >= 11 is 7.17. The van der Waals surface area contributed by atoms with Crippen molar-refractivity contribution in [3.8, 4) is 5.75 Å². The molecule has 26 heavy (non-hydrogen) atoms. The van der Waals surface area contributed by atoms with Gasteiger partial charge in [0, 0.05) is 16.9 Å². The number of hydrogen-bond acceptors (Lipinski definition) is 6. The second-order valence-electron chi connectivity index (χ2n) is 5.32. The number of anilines is 1. The second-order valence-corrected chi connectivity index (χ2v) is 6.61. The van der Waals surface area contributed by atoms with Crippen molar-refractivity contribution >= 4 is 34.0 Å². The maximum Gasteiger partial charge on any atom is 0.358 e. The number of thiazole rings is 1. The van der Waals surface area contributed by atoms with Crippen LogP contribution in [-0.4, -0.2) is 24.2 Å². The Morgan fingerprint density at radius 2 is 1.85 bits per heavy atom. The van der Waals surface area contributed by atoms with Crippen LogP contribution in [0.1, 0.15) is 16.1 Å². The van der Waals surface area contributed by atoms with E-state index in [-0.39, 0.29) is 18.9 Å². The zero-order chi connectivity index (χ0) is 18.2. The maximum atomic E-state index is 12.0. The predicted molar refractivity (Wildman–Crippen MR) is 103 cm³/mol. The largest absolute Gasteiger partial charge is 0.490 e. The third kappa shape index (κ3) is 5.47. The van der Waals surface area contributed by atoms with Crippen molar-refractivity contribution in [3.05, 3.63) is 76.3 Å². The highest BCUT2D eigenvalue weighted by molar-refractivity contribution is 7.13. The average molecular weight is 389 g/mol. The Hall–Kier alpha value is -2.57. The molecule has 0 bridgehead atoms. The first-order chi connectivity index (χ1) is 12.7. The van der Waals surface area contributed by atoms with E-state index in [2.05, 4.69) is 10.3 Å². The van der Waals surface area contributed by atoms with Crippen molar-refractivity contribution in [1.82, 2.24) is 4.98 Å². The number of rotatable bonds is 8. The number of ether oxygens (including phenoxy) is 2. The molecule has 0 aliphatic carbocycles. The molecule has 1 aromatic heterocycles. The molecule has 0 amide bonds. The Kier molecular flexibility index (Phi) is 6.46. The van der Waals surface area contributed by atoms with Crippen LogP contribution in [0.4, 0.5) is 5.13 Å². The highest BCUT2D eigenvalue weighted by Crippen LogP contribution is 2.18. The minimum atomic E-state index is -0.464. The van der Waals surface area contributed by atoms with Crippen molar-refractivity contribution in [1.29, 1.82) is 0 Å². The number of esters is 1. The van der Waals surface area contributed by atoms with E-state index in [1.165, 1.54) is 11.3 Å². The van der Waals surface area contributed by atoms with Crippen LogP contribution in [-0.2, 0) is 11.3 Å². The highest BCUT2D eigenvalue weighted by atomic mass is 35.5. The van der Waals surface area contributed by atoms with Gasteiger partial charge >= 0.3 is 5.97 Å². The fourth-order valence-corrected chi connectivity index (χ4v) is 2.93. The van der Waals surface area contributed by atoms with Crippen LogP contribution >= 0.6 is 22.9 Å². The summed E-state index contributed by atoms with van der Waals surface area (Å²) in [7, 11) is 0. The number of benzene rings is 2. The molecule has 0 saturated heterocycles. The van der Waals surface area contributed by atoms with E-state index >= 15 is 0 Å². The maximum absolute atomic E-state index is 12.0. The molecule has 0 saturated carbocycles. The van der Waals surface area contributed by atoms with Crippen LogP contribution in [0.2, 0.25) is 5.02 Å². The van der Waals surface area contributed by atoms with Gasteiger partial charge in [0.05, 0.1) is 0 Å². The molecule has 3 aromatic rings. The molecule has 2 aromatic carbocycles. The van der Waals surface area contributed by atoms with Crippen LogP contribution in [0.3, 0.4) is 0 Å². The molecule has 0 spiro atoms. The second kappa shape index (κ2) is 9.22. The molecule has 0 fully saturated rings. The first kappa shape index (κ1) is 18.2. The monoisotopic (exact) mass is 388 g/mol. The van der Waals surface area contributed by atoms with E-state index in [9.17, 15) is 4.79 Å². The third-order valence-electron chi connectivity index (χ3n) is 3.40. The molecule has 7 heteroatoms. The molecule has 1 N–H and O–H groups in total. The molecular weight excluding hydrogens is 372 g/mol. The van der Waals surface area contributed by atoms with Gasteiger partial charge in [0.1, 0.15) is 19.0 Å². The summed E-state index contributed by atoms with van der Waals surface area (Å²) in [6.07, 6.45) is 0. The first-order valence-electron chi connectivity index (χ1n) is 7.99.